The Balaban J connectivity index is 1.93. The zero-order valence-electron chi connectivity index (χ0n) is 12.6. The van der Waals surface area contributed by atoms with E-state index in [4.69, 9.17) is 9.15 Å². The highest BCUT2D eigenvalue weighted by molar-refractivity contribution is 5.78. The number of fused-ring (bicyclic) bond motifs is 1. The summed E-state index contributed by atoms with van der Waals surface area (Å²) in [5.74, 6) is 1.09. The maximum Gasteiger partial charge on any atom is 0.134 e. The number of hydrogen-bond donors (Lipinski definition) is 1. The summed E-state index contributed by atoms with van der Waals surface area (Å²) in [6.07, 6.45) is 2.23. The van der Waals surface area contributed by atoms with Gasteiger partial charge in [0.25, 0.3) is 0 Å². The van der Waals surface area contributed by atoms with E-state index in [-0.39, 0.29) is 18.0 Å². The fourth-order valence-electron chi connectivity index (χ4n) is 3.01. The van der Waals surface area contributed by atoms with Crippen molar-refractivity contribution in [1.29, 1.82) is 0 Å². The van der Waals surface area contributed by atoms with Gasteiger partial charge in [-0.2, -0.15) is 0 Å². The largest absolute Gasteiger partial charge is 0.459 e. The summed E-state index contributed by atoms with van der Waals surface area (Å²) in [4.78, 5) is 0. The monoisotopic (exact) mass is 291 g/mol. The van der Waals surface area contributed by atoms with E-state index in [1.54, 1.807) is 6.07 Å². The van der Waals surface area contributed by atoms with Crippen LogP contribution in [-0.4, -0.2) is 19.3 Å². The Morgan fingerprint density at radius 1 is 1.38 bits per heavy atom. The SMILES string of the molecule is CCCNC(c1cc2cc(F)ccc2o1)C1OCCC1C. The minimum Gasteiger partial charge on any atom is -0.459 e. The van der Waals surface area contributed by atoms with Crippen molar-refractivity contribution in [3.63, 3.8) is 0 Å². The van der Waals surface area contributed by atoms with Gasteiger partial charge in [0, 0.05) is 12.0 Å². The third kappa shape index (κ3) is 2.97. The minimum atomic E-state index is -0.238. The van der Waals surface area contributed by atoms with Crippen LogP contribution in [0, 0.1) is 11.7 Å². The molecule has 4 heteroatoms. The summed E-state index contributed by atoms with van der Waals surface area (Å²) < 4.78 is 25.2. The lowest BCUT2D eigenvalue weighted by atomic mass is 9.95. The van der Waals surface area contributed by atoms with E-state index in [1.807, 2.05) is 6.07 Å². The molecule has 2 heterocycles. The second-order valence-electron chi connectivity index (χ2n) is 5.86. The first kappa shape index (κ1) is 14.5. The fourth-order valence-corrected chi connectivity index (χ4v) is 3.01. The molecular formula is C17H22FNO2. The molecule has 1 aromatic carbocycles. The van der Waals surface area contributed by atoms with Crippen molar-refractivity contribution in [2.75, 3.05) is 13.2 Å². The minimum absolute atomic E-state index is 0.0258. The first-order valence-electron chi connectivity index (χ1n) is 7.73. The van der Waals surface area contributed by atoms with Crippen LogP contribution >= 0.6 is 0 Å². The second kappa shape index (κ2) is 6.16. The molecule has 1 aliphatic heterocycles. The van der Waals surface area contributed by atoms with E-state index in [0.717, 1.165) is 42.7 Å². The number of benzene rings is 1. The molecule has 1 fully saturated rings. The molecule has 0 spiro atoms. The maximum absolute atomic E-state index is 13.3. The molecule has 1 aromatic heterocycles. The fraction of sp³-hybridized carbons (Fsp3) is 0.529. The molecule has 1 N–H and O–H groups in total. The van der Waals surface area contributed by atoms with Gasteiger partial charge in [-0.1, -0.05) is 13.8 Å². The Morgan fingerprint density at radius 2 is 2.24 bits per heavy atom. The molecule has 0 amide bonds. The predicted molar refractivity (Wildman–Crippen MR) is 80.7 cm³/mol. The van der Waals surface area contributed by atoms with Gasteiger partial charge in [0.05, 0.1) is 12.1 Å². The topological polar surface area (TPSA) is 34.4 Å². The third-order valence-electron chi connectivity index (χ3n) is 4.19. The Labute approximate surface area is 124 Å². The lowest BCUT2D eigenvalue weighted by Crippen LogP contribution is -2.34. The van der Waals surface area contributed by atoms with Crippen molar-refractivity contribution in [2.24, 2.45) is 5.92 Å². The molecule has 0 bridgehead atoms. The molecule has 3 nitrogen and oxygen atoms in total. The summed E-state index contributed by atoms with van der Waals surface area (Å²) >= 11 is 0. The third-order valence-corrected chi connectivity index (χ3v) is 4.19. The van der Waals surface area contributed by atoms with Crippen LogP contribution in [0.4, 0.5) is 4.39 Å². The molecule has 0 radical (unpaired) electrons. The van der Waals surface area contributed by atoms with Crippen molar-refractivity contribution in [3.05, 3.63) is 35.8 Å². The quantitative estimate of drug-likeness (QED) is 0.903. The Bertz CT molecular complexity index is 610. The van der Waals surface area contributed by atoms with Crippen molar-refractivity contribution < 1.29 is 13.5 Å². The number of furan rings is 1. The van der Waals surface area contributed by atoms with Crippen LogP contribution in [0.15, 0.2) is 28.7 Å². The highest BCUT2D eigenvalue weighted by Gasteiger charge is 2.34. The Morgan fingerprint density at radius 3 is 2.95 bits per heavy atom. The van der Waals surface area contributed by atoms with Gasteiger partial charge in [-0.25, -0.2) is 4.39 Å². The standard InChI is InChI=1S/C17H22FNO2/c1-3-7-19-16(17-11(2)6-8-20-17)15-10-12-9-13(18)4-5-14(12)21-15/h4-5,9-11,16-17,19H,3,6-8H2,1-2H3. The van der Waals surface area contributed by atoms with Crippen LogP contribution < -0.4 is 5.32 Å². The van der Waals surface area contributed by atoms with E-state index in [2.05, 4.69) is 19.2 Å². The molecule has 2 aromatic rings. The van der Waals surface area contributed by atoms with Crippen molar-refractivity contribution >= 4 is 11.0 Å². The lowest BCUT2D eigenvalue weighted by molar-refractivity contribution is 0.0544. The number of rotatable bonds is 5. The molecule has 0 saturated carbocycles. The van der Waals surface area contributed by atoms with E-state index >= 15 is 0 Å². The summed E-state index contributed by atoms with van der Waals surface area (Å²) in [6.45, 7) is 6.05. The molecule has 3 rings (SSSR count). The Kier molecular flexibility index (Phi) is 4.27. The second-order valence-corrected chi connectivity index (χ2v) is 5.86. The number of halogens is 1. The van der Waals surface area contributed by atoms with Gasteiger partial charge in [0.1, 0.15) is 17.2 Å². The van der Waals surface area contributed by atoms with Crippen LogP contribution in [0.25, 0.3) is 11.0 Å². The van der Waals surface area contributed by atoms with Gasteiger partial charge >= 0.3 is 0 Å². The average molecular weight is 291 g/mol. The molecule has 0 aliphatic carbocycles. The summed E-state index contributed by atoms with van der Waals surface area (Å²) in [5, 5.41) is 4.33. The van der Waals surface area contributed by atoms with Crippen molar-refractivity contribution in [2.45, 2.75) is 38.8 Å². The van der Waals surface area contributed by atoms with Gasteiger partial charge in [-0.15, -0.1) is 0 Å². The summed E-state index contributed by atoms with van der Waals surface area (Å²) in [7, 11) is 0. The van der Waals surface area contributed by atoms with Crippen molar-refractivity contribution in [1.82, 2.24) is 5.32 Å². The van der Waals surface area contributed by atoms with Crippen LogP contribution in [0.1, 0.15) is 38.5 Å². The van der Waals surface area contributed by atoms with Crippen LogP contribution in [0.2, 0.25) is 0 Å². The lowest BCUT2D eigenvalue weighted by Gasteiger charge is -2.25. The normalized spacial score (nSPS) is 23.8. The highest BCUT2D eigenvalue weighted by atomic mass is 19.1. The zero-order valence-corrected chi connectivity index (χ0v) is 12.6. The van der Waals surface area contributed by atoms with Crippen LogP contribution in [0.3, 0.4) is 0 Å². The molecule has 3 unspecified atom stereocenters. The molecular weight excluding hydrogens is 269 g/mol. The number of hydrogen-bond acceptors (Lipinski definition) is 3. The van der Waals surface area contributed by atoms with Gasteiger partial charge in [0.15, 0.2) is 0 Å². The summed E-state index contributed by atoms with van der Waals surface area (Å²) in [5.41, 5.74) is 0.723. The number of ether oxygens (including phenoxy) is 1. The first-order chi connectivity index (χ1) is 10.2. The molecule has 21 heavy (non-hydrogen) atoms. The molecule has 114 valence electrons. The Hall–Kier alpha value is -1.39. The highest BCUT2D eigenvalue weighted by Crippen LogP contribution is 2.34. The first-order valence-corrected chi connectivity index (χ1v) is 7.73. The zero-order chi connectivity index (χ0) is 14.8. The van der Waals surface area contributed by atoms with Gasteiger partial charge in [-0.05, 0) is 49.6 Å². The summed E-state index contributed by atoms with van der Waals surface area (Å²) in [6, 6.07) is 6.58. The maximum atomic E-state index is 13.3. The number of nitrogens with one attached hydrogen (secondary N) is 1. The van der Waals surface area contributed by atoms with E-state index < -0.39 is 0 Å². The molecule has 1 aliphatic rings. The van der Waals surface area contributed by atoms with Crippen LogP contribution in [-0.2, 0) is 4.74 Å². The van der Waals surface area contributed by atoms with Gasteiger partial charge in [0.2, 0.25) is 0 Å². The molecule has 1 saturated heterocycles. The van der Waals surface area contributed by atoms with E-state index in [1.165, 1.54) is 12.1 Å². The average Bonchev–Trinajstić information content (AvgIpc) is 3.06. The smallest absolute Gasteiger partial charge is 0.134 e. The van der Waals surface area contributed by atoms with Gasteiger partial charge in [-0.3, -0.25) is 0 Å². The van der Waals surface area contributed by atoms with Gasteiger partial charge < -0.3 is 14.5 Å². The van der Waals surface area contributed by atoms with Crippen LogP contribution in [0.5, 0.6) is 0 Å². The van der Waals surface area contributed by atoms with E-state index in [9.17, 15) is 4.39 Å². The molecule has 3 atom stereocenters. The van der Waals surface area contributed by atoms with Crippen molar-refractivity contribution in [3.8, 4) is 0 Å². The predicted octanol–water partition coefficient (Wildman–Crippen LogP) is 4.04. The van der Waals surface area contributed by atoms with E-state index in [0.29, 0.717) is 5.92 Å².